The van der Waals surface area contributed by atoms with Gasteiger partial charge in [0.15, 0.2) is 0 Å². The number of Topliss-reactive ketones (excluding diaryl/α,β-unsaturated/α-hetero) is 1. The van der Waals surface area contributed by atoms with Gasteiger partial charge in [-0.2, -0.15) is 5.10 Å². The van der Waals surface area contributed by atoms with Gasteiger partial charge in [0.1, 0.15) is 0 Å². The van der Waals surface area contributed by atoms with Crippen molar-refractivity contribution in [1.29, 1.82) is 0 Å². The molecule has 2 aromatic carbocycles. The number of hydrogen-bond acceptors (Lipinski definition) is 6. The Morgan fingerprint density at radius 2 is 1.65 bits per heavy atom. The fourth-order valence-corrected chi connectivity index (χ4v) is 4.35. The summed E-state index contributed by atoms with van der Waals surface area (Å²) in [6.45, 7) is 0. The van der Waals surface area contributed by atoms with Crippen LogP contribution in [0.3, 0.4) is 0 Å². The molecule has 3 rings (SSSR count). The average Bonchev–Trinajstić information content (AvgIpc) is 3.18. The zero-order chi connectivity index (χ0) is 18.6. The highest BCUT2D eigenvalue weighted by atomic mass is 79.9. The molecule has 1 heterocycles. The summed E-state index contributed by atoms with van der Waals surface area (Å²) in [5.74, 6) is -0.645. The highest BCUT2D eigenvalue weighted by Crippen LogP contribution is 2.19. The number of benzene rings is 2. The van der Waals surface area contributed by atoms with Crippen molar-refractivity contribution in [3.63, 3.8) is 0 Å². The minimum Gasteiger partial charge on any atom is -0.285 e. The van der Waals surface area contributed by atoms with E-state index < -0.39 is 20.7 Å². The Morgan fingerprint density at radius 1 is 0.962 bits per heavy atom. The van der Waals surface area contributed by atoms with Crippen molar-refractivity contribution in [3.8, 4) is 0 Å². The zero-order valence-electron chi connectivity index (χ0n) is 13.3. The third-order valence-electron chi connectivity index (χ3n) is 3.38. The maximum atomic E-state index is 12.9. The van der Waals surface area contributed by atoms with Gasteiger partial charge in [-0.3, -0.25) is 10.2 Å². The predicted octanol–water partition coefficient (Wildman–Crippen LogP) is 4.59. The van der Waals surface area contributed by atoms with Crippen LogP contribution in [0.4, 0.5) is 5.69 Å². The van der Waals surface area contributed by atoms with E-state index in [4.69, 9.17) is 0 Å². The molecule has 0 fully saturated rings. The van der Waals surface area contributed by atoms with E-state index in [-0.39, 0.29) is 4.90 Å². The van der Waals surface area contributed by atoms with Gasteiger partial charge in [0, 0.05) is 4.47 Å². The number of hydrazone groups is 1. The Hall–Kier alpha value is -2.29. The van der Waals surface area contributed by atoms with Crippen LogP contribution in [0.1, 0.15) is 9.67 Å². The Labute approximate surface area is 163 Å². The summed E-state index contributed by atoms with van der Waals surface area (Å²) in [5.41, 5.74) is 3.23. The fraction of sp³-hybridized carbons (Fsp3) is 0. The van der Waals surface area contributed by atoms with Gasteiger partial charge in [-0.05, 0) is 47.8 Å². The lowest BCUT2D eigenvalue weighted by atomic mass is 10.3. The molecule has 3 aromatic rings. The molecule has 1 N–H and O–H groups in total. The number of hydrogen-bond donors (Lipinski definition) is 1. The molecule has 1 aromatic heterocycles. The van der Waals surface area contributed by atoms with E-state index in [1.807, 2.05) is 0 Å². The molecule has 0 atom stereocenters. The summed E-state index contributed by atoms with van der Waals surface area (Å²) < 4.78 is 26.8. The number of nitrogens with one attached hydrogen (secondary N) is 1. The van der Waals surface area contributed by atoms with E-state index >= 15 is 0 Å². The molecule has 0 saturated carbocycles. The first-order valence-electron chi connectivity index (χ1n) is 7.46. The standard InChI is InChI=1S/C18H13BrN2O3S2/c19-13-8-10-14(11-9-13)20-21-18(17(22)16-7-4-12-25-16)26(23,24)15-5-2-1-3-6-15/h1-12,20H/b21-18-. The molecule has 0 spiro atoms. The molecule has 0 radical (unpaired) electrons. The number of sulfone groups is 1. The Morgan fingerprint density at radius 3 is 2.27 bits per heavy atom. The van der Waals surface area contributed by atoms with Crippen molar-refractivity contribution in [1.82, 2.24) is 0 Å². The van der Waals surface area contributed by atoms with E-state index in [0.29, 0.717) is 10.6 Å². The van der Waals surface area contributed by atoms with Crippen LogP contribution in [0.2, 0.25) is 0 Å². The van der Waals surface area contributed by atoms with Crippen LogP contribution in [-0.2, 0) is 9.84 Å². The molecule has 8 heteroatoms. The molecule has 0 aliphatic rings. The number of thiophene rings is 1. The molecule has 5 nitrogen and oxygen atoms in total. The number of nitrogens with zero attached hydrogens (tertiary/aromatic N) is 1. The summed E-state index contributed by atoms with van der Waals surface area (Å²) >= 11 is 4.49. The largest absolute Gasteiger partial charge is 0.285 e. The molecule has 0 aliphatic carbocycles. The van der Waals surface area contributed by atoms with Crippen molar-refractivity contribution in [2.75, 3.05) is 5.43 Å². The number of carbonyl (C=O) groups excluding carboxylic acids is 1. The average molecular weight is 449 g/mol. The van der Waals surface area contributed by atoms with Crippen LogP contribution < -0.4 is 5.43 Å². The Balaban J connectivity index is 2.03. The predicted molar refractivity (Wildman–Crippen MR) is 107 cm³/mol. The summed E-state index contributed by atoms with van der Waals surface area (Å²) in [4.78, 5) is 13.1. The van der Waals surface area contributed by atoms with Crippen molar-refractivity contribution >= 4 is 53.6 Å². The van der Waals surface area contributed by atoms with Crippen LogP contribution >= 0.6 is 27.3 Å². The summed E-state index contributed by atoms with van der Waals surface area (Å²) in [6, 6.07) is 18.0. The second kappa shape index (κ2) is 7.94. The van der Waals surface area contributed by atoms with E-state index in [0.717, 1.165) is 4.47 Å². The van der Waals surface area contributed by atoms with Crippen molar-refractivity contribution in [2.24, 2.45) is 5.10 Å². The Kier molecular flexibility index (Phi) is 5.65. The van der Waals surface area contributed by atoms with Gasteiger partial charge in [0.05, 0.1) is 15.5 Å². The highest BCUT2D eigenvalue weighted by molar-refractivity contribution is 9.10. The minimum absolute atomic E-state index is 0.0151. The molecular formula is C18H13BrN2O3S2. The zero-order valence-corrected chi connectivity index (χ0v) is 16.5. The number of rotatable bonds is 5. The first-order chi connectivity index (χ1) is 12.5. The van der Waals surface area contributed by atoms with Crippen molar-refractivity contribution in [2.45, 2.75) is 4.90 Å². The third kappa shape index (κ3) is 4.09. The van der Waals surface area contributed by atoms with Gasteiger partial charge in [0.25, 0.3) is 0 Å². The number of ketones is 1. The van der Waals surface area contributed by atoms with E-state index in [2.05, 4.69) is 26.5 Å². The number of halogens is 1. The molecular weight excluding hydrogens is 436 g/mol. The molecule has 0 unspecified atom stereocenters. The first-order valence-corrected chi connectivity index (χ1v) is 10.6. The van der Waals surface area contributed by atoms with Crippen LogP contribution in [0.5, 0.6) is 0 Å². The lowest BCUT2D eigenvalue weighted by Gasteiger charge is -2.08. The van der Waals surface area contributed by atoms with Crippen LogP contribution in [0.25, 0.3) is 0 Å². The van der Waals surface area contributed by atoms with Gasteiger partial charge >= 0.3 is 0 Å². The second-order valence-electron chi connectivity index (χ2n) is 5.16. The molecule has 0 aliphatic heterocycles. The lowest BCUT2D eigenvalue weighted by Crippen LogP contribution is -2.25. The number of anilines is 1. The van der Waals surface area contributed by atoms with Gasteiger partial charge in [-0.25, -0.2) is 8.42 Å². The van der Waals surface area contributed by atoms with Gasteiger partial charge in [-0.15, -0.1) is 11.3 Å². The van der Waals surface area contributed by atoms with Crippen molar-refractivity contribution < 1.29 is 13.2 Å². The first kappa shape index (κ1) is 18.5. The molecule has 26 heavy (non-hydrogen) atoms. The molecule has 0 saturated heterocycles. The SMILES string of the molecule is O=C(/C(=N/Nc1ccc(Br)cc1)S(=O)(=O)c1ccccc1)c1cccs1. The quantitative estimate of drug-likeness (QED) is 0.268. The van der Waals surface area contributed by atoms with Crippen LogP contribution in [0.15, 0.2) is 86.6 Å². The molecule has 0 amide bonds. The van der Waals surface area contributed by atoms with Gasteiger partial charge in [0.2, 0.25) is 20.7 Å². The Bertz CT molecular complexity index is 1030. The van der Waals surface area contributed by atoms with E-state index in [1.165, 1.54) is 23.5 Å². The second-order valence-corrected chi connectivity index (χ2v) is 8.89. The van der Waals surface area contributed by atoms with Crippen molar-refractivity contribution in [3.05, 3.63) is 81.5 Å². The van der Waals surface area contributed by atoms with E-state index in [1.54, 1.807) is 60.0 Å². The maximum absolute atomic E-state index is 12.9. The topological polar surface area (TPSA) is 75.6 Å². The molecule has 132 valence electrons. The van der Waals surface area contributed by atoms with Gasteiger partial charge < -0.3 is 0 Å². The normalized spacial score (nSPS) is 12.0. The van der Waals surface area contributed by atoms with Crippen LogP contribution in [-0.4, -0.2) is 19.2 Å². The molecule has 0 bridgehead atoms. The monoisotopic (exact) mass is 448 g/mol. The minimum atomic E-state index is -4.07. The van der Waals surface area contributed by atoms with Gasteiger partial charge in [-0.1, -0.05) is 40.2 Å². The summed E-state index contributed by atoms with van der Waals surface area (Å²) in [7, 11) is -4.07. The smallest absolute Gasteiger partial charge is 0.235 e. The third-order valence-corrected chi connectivity index (χ3v) is 6.45. The maximum Gasteiger partial charge on any atom is 0.235 e. The number of carbonyl (C=O) groups is 1. The van der Waals surface area contributed by atoms with E-state index in [9.17, 15) is 13.2 Å². The fourth-order valence-electron chi connectivity index (χ4n) is 2.10. The highest BCUT2D eigenvalue weighted by Gasteiger charge is 2.30. The summed E-state index contributed by atoms with van der Waals surface area (Å²) in [6.07, 6.45) is 0. The summed E-state index contributed by atoms with van der Waals surface area (Å²) in [5, 5.41) is 5.11. The van der Waals surface area contributed by atoms with Crippen LogP contribution in [0, 0.1) is 0 Å². The lowest BCUT2D eigenvalue weighted by molar-refractivity contribution is 0.107.